The Morgan fingerprint density at radius 2 is 1.50 bits per heavy atom. The van der Waals surface area contributed by atoms with Gasteiger partial charge in [0, 0.05) is 18.2 Å². The highest BCUT2D eigenvalue weighted by molar-refractivity contribution is 6.05. The molecule has 0 heterocycles. The number of hydrazone groups is 1. The first-order chi connectivity index (χ1) is 16.4. The van der Waals surface area contributed by atoms with Crippen molar-refractivity contribution in [3.05, 3.63) is 101 Å². The minimum atomic E-state index is -0.591. The molecule has 3 aromatic carbocycles. The van der Waals surface area contributed by atoms with E-state index in [-0.39, 0.29) is 11.6 Å². The highest BCUT2D eigenvalue weighted by atomic mass is 16.5. The summed E-state index contributed by atoms with van der Waals surface area (Å²) in [6.07, 6.45) is 3.01. The Balaban J connectivity index is 1.75. The smallest absolute Gasteiger partial charge is 0.287 e. The van der Waals surface area contributed by atoms with Crippen LogP contribution in [0.3, 0.4) is 0 Å². The molecule has 0 saturated heterocycles. The van der Waals surface area contributed by atoms with Gasteiger partial charge in [-0.25, -0.2) is 5.43 Å². The fourth-order valence-electron chi connectivity index (χ4n) is 2.89. The molecule has 0 saturated carbocycles. The van der Waals surface area contributed by atoms with Gasteiger partial charge in [0.1, 0.15) is 11.4 Å². The number of carbonyl (C=O) groups is 3. The van der Waals surface area contributed by atoms with Gasteiger partial charge in [0.25, 0.3) is 11.8 Å². The van der Waals surface area contributed by atoms with Crippen molar-refractivity contribution in [3.63, 3.8) is 0 Å². The van der Waals surface area contributed by atoms with E-state index in [2.05, 4.69) is 21.2 Å². The van der Waals surface area contributed by atoms with Crippen molar-refractivity contribution in [2.24, 2.45) is 5.10 Å². The van der Waals surface area contributed by atoms with Gasteiger partial charge in [0.2, 0.25) is 5.91 Å². The molecule has 0 unspecified atom stereocenters. The summed E-state index contributed by atoms with van der Waals surface area (Å²) in [5.74, 6) is -0.507. The first-order valence-corrected chi connectivity index (χ1v) is 10.4. The van der Waals surface area contributed by atoms with Gasteiger partial charge >= 0.3 is 0 Å². The lowest BCUT2D eigenvalue weighted by molar-refractivity contribution is -0.117. The van der Waals surface area contributed by atoms with Crippen molar-refractivity contribution in [2.75, 3.05) is 12.4 Å². The van der Waals surface area contributed by atoms with Crippen LogP contribution in [-0.2, 0) is 9.59 Å². The quantitative estimate of drug-likeness (QED) is 0.273. The fourth-order valence-corrected chi connectivity index (χ4v) is 2.89. The molecule has 3 rings (SSSR count). The number of methoxy groups -OCH3 is 1. The molecule has 3 N–H and O–H groups in total. The average Bonchev–Trinajstić information content (AvgIpc) is 2.85. The summed E-state index contributed by atoms with van der Waals surface area (Å²) in [6.45, 7) is 1.43. The number of amides is 3. The second-order valence-corrected chi connectivity index (χ2v) is 7.15. The van der Waals surface area contributed by atoms with Crippen LogP contribution in [0.5, 0.6) is 5.75 Å². The normalized spacial score (nSPS) is 11.1. The van der Waals surface area contributed by atoms with E-state index < -0.39 is 11.8 Å². The fraction of sp³-hybridized carbons (Fsp3) is 0.0769. The van der Waals surface area contributed by atoms with E-state index in [1.807, 2.05) is 0 Å². The number of carbonyl (C=O) groups excluding carboxylic acids is 3. The summed E-state index contributed by atoms with van der Waals surface area (Å²) in [5, 5.41) is 9.30. The molecule has 3 amide bonds. The van der Waals surface area contributed by atoms with Crippen molar-refractivity contribution in [1.29, 1.82) is 0 Å². The van der Waals surface area contributed by atoms with E-state index in [1.54, 1.807) is 92.0 Å². The maximum atomic E-state index is 12.8. The Morgan fingerprint density at radius 3 is 2.12 bits per heavy atom. The Kier molecular flexibility index (Phi) is 8.29. The molecule has 8 heteroatoms. The highest BCUT2D eigenvalue weighted by Crippen LogP contribution is 2.14. The molecule has 0 aromatic heterocycles. The van der Waals surface area contributed by atoms with Crippen molar-refractivity contribution in [3.8, 4) is 5.75 Å². The lowest BCUT2D eigenvalue weighted by Gasteiger charge is -2.09. The third-order valence-corrected chi connectivity index (χ3v) is 4.57. The minimum absolute atomic E-state index is 0.0252. The second-order valence-electron chi connectivity index (χ2n) is 7.15. The van der Waals surface area contributed by atoms with Gasteiger partial charge in [-0.1, -0.05) is 42.5 Å². The molecule has 8 nitrogen and oxygen atoms in total. The van der Waals surface area contributed by atoms with Crippen molar-refractivity contribution in [2.45, 2.75) is 6.92 Å². The summed E-state index contributed by atoms with van der Waals surface area (Å²) in [6, 6.07) is 22.6. The summed E-state index contributed by atoms with van der Waals surface area (Å²) < 4.78 is 5.16. The zero-order valence-electron chi connectivity index (χ0n) is 18.7. The van der Waals surface area contributed by atoms with Gasteiger partial charge in [-0.05, 0) is 53.6 Å². The summed E-state index contributed by atoms with van der Waals surface area (Å²) in [5.41, 5.74) is 4.93. The van der Waals surface area contributed by atoms with E-state index in [1.165, 1.54) is 13.1 Å². The Bertz CT molecular complexity index is 1200. The van der Waals surface area contributed by atoms with E-state index in [4.69, 9.17) is 4.74 Å². The molecule has 0 fully saturated rings. The SMILES string of the molecule is COc1ccc(/C=C(/NC(=O)c2ccccc2)C(=O)N/N=C/c2ccc(NC(C)=O)cc2)cc1. The van der Waals surface area contributed by atoms with Crippen LogP contribution in [0.15, 0.2) is 89.7 Å². The molecule has 3 aromatic rings. The topological polar surface area (TPSA) is 109 Å². The Labute approximate surface area is 197 Å². The molecule has 0 aliphatic rings. The molecule has 0 spiro atoms. The maximum absolute atomic E-state index is 12.8. The van der Waals surface area contributed by atoms with Crippen LogP contribution in [0.1, 0.15) is 28.4 Å². The van der Waals surface area contributed by atoms with Gasteiger partial charge in [0.05, 0.1) is 13.3 Å². The van der Waals surface area contributed by atoms with Crippen LogP contribution in [0, 0.1) is 0 Å². The lowest BCUT2D eigenvalue weighted by atomic mass is 10.1. The largest absolute Gasteiger partial charge is 0.497 e. The third-order valence-electron chi connectivity index (χ3n) is 4.57. The molecule has 0 atom stereocenters. The standard InChI is InChI=1S/C26H24N4O4/c1-18(31)28-22-12-8-20(9-13-22)17-27-30-26(33)24(16-19-10-14-23(34-2)15-11-19)29-25(32)21-6-4-3-5-7-21/h3-17H,1-2H3,(H,28,31)(H,29,32)(H,30,33)/b24-16+,27-17+. The van der Waals surface area contributed by atoms with E-state index >= 15 is 0 Å². The molecule has 0 bridgehead atoms. The summed E-state index contributed by atoms with van der Waals surface area (Å²) in [4.78, 5) is 36.6. The molecule has 34 heavy (non-hydrogen) atoms. The van der Waals surface area contributed by atoms with Gasteiger partial charge in [-0.2, -0.15) is 5.10 Å². The number of benzene rings is 3. The number of hydrogen-bond acceptors (Lipinski definition) is 5. The van der Waals surface area contributed by atoms with E-state index in [9.17, 15) is 14.4 Å². The Hall–Kier alpha value is -4.72. The number of nitrogens with zero attached hydrogens (tertiary/aromatic N) is 1. The first kappa shape index (κ1) is 23.9. The molecule has 0 radical (unpaired) electrons. The molecule has 0 aliphatic carbocycles. The average molecular weight is 457 g/mol. The molecular weight excluding hydrogens is 432 g/mol. The van der Waals surface area contributed by atoms with Gasteiger partial charge in [0.15, 0.2) is 0 Å². The number of rotatable bonds is 8. The predicted octanol–water partition coefficient (Wildman–Crippen LogP) is 3.57. The van der Waals surface area contributed by atoms with Gasteiger partial charge < -0.3 is 15.4 Å². The molecule has 172 valence electrons. The van der Waals surface area contributed by atoms with Crippen molar-refractivity contribution < 1.29 is 19.1 Å². The second kappa shape index (κ2) is 11.8. The Morgan fingerprint density at radius 1 is 0.853 bits per heavy atom. The van der Waals surface area contributed by atoms with Gasteiger partial charge in [-0.3, -0.25) is 14.4 Å². The first-order valence-electron chi connectivity index (χ1n) is 10.4. The number of anilines is 1. The monoisotopic (exact) mass is 456 g/mol. The number of ether oxygens (including phenoxy) is 1. The van der Waals surface area contributed by atoms with Crippen molar-refractivity contribution >= 4 is 35.7 Å². The van der Waals surface area contributed by atoms with Gasteiger partial charge in [-0.15, -0.1) is 0 Å². The maximum Gasteiger partial charge on any atom is 0.287 e. The van der Waals surface area contributed by atoms with Crippen LogP contribution >= 0.6 is 0 Å². The zero-order chi connectivity index (χ0) is 24.3. The third kappa shape index (κ3) is 7.16. The minimum Gasteiger partial charge on any atom is -0.497 e. The number of nitrogens with one attached hydrogen (secondary N) is 3. The van der Waals surface area contributed by atoms with E-state index in [0.717, 1.165) is 0 Å². The lowest BCUT2D eigenvalue weighted by Crippen LogP contribution is -2.32. The summed E-state index contributed by atoms with van der Waals surface area (Å²) >= 11 is 0. The van der Waals surface area contributed by atoms with Crippen LogP contribution < -0.4 is 20.8 Å². The van der Waals surface area contributed by atoms with E-state index in [0.29, 0.717) is 28.1 Å². The van der Waals surface area contributed by atoms with Crippen LogP contribution in [-0.4, -0.2) is 31.0 Å². The predicted molar refractivity (Wildman–Crippen MR) is 131 cm³/mol. The summed E-state index contributed by atoms with van der Waals surface area (Å²) in [7, 11) is 1.56. The molecular formula is C26H24N4O4. The van der Waals surface area contributed by atoms with Crippen LogP contribution in [0.25, 0.3) is 6.08 Å². The zero-order valence-corrected chi connectivity index (χ0v) is 18.7. The van der Waals surface area contributed by atoms with Crippen LogP contribution in [0.2, 0.25) is 0 Å². The number of hydrogen-bond donors (Lipinski definition) is 3. The van der Waals surface area contributed by atoms with Crippen LogP contribution in [0.4, 0.5) is 5.69 Å². The van der Waals surface area contributed by atoms with Crippen molar-refractivity contribution in [1.82, 2.24) is 10.7 Å². The highest BCUT2D eigenvalue weighted by Gasteiger charge is 2.14. The molecule has 0 aliphatic heterocycles.